The van der Waals surface area contributed by atoms with Crippen LogP contribution in [-0.2, 0) is 4.79 Å². The number of benzene rings is 2. The third kappa shape index (κ3) is 5.31. The first-order chi connectivity index (χ1) is 17.6. The maximum atomic E-state index is 12.9. The number of thioether (sulfide) groups is 1. The van der Waals surface area contributed by atoms with E-state index < -0.39 is 0 Å². The molecule has 0 unspecified atom stereocenters. The number of amidine groups is 1. The molecule has 1 aromatic heterocycles. The smallest absolute Gasteiger partial charge is 0.286 e. The highest BCUT2D eigenvalue weighted by atomic mass is 32.2. The van der Waals surface area contributed by atoms with Crippen molar-refractivity contribution >= 4 is 28.9 Å². The quantitative estimate of drug-likeness (QED) is 0.297. The molecule has 0 spiro atoms. The average molecular weight is 499 g/mol. The second kappa shape index (κ2) is 11.0. The van der Waals surface area contributed by atoms with Crippen molar-refractivity contribution < 1.29 is 9.53 Å². The number of hydrogen-bond acceptors (Lipinski definition) is 5. The third-order valence-corrected chi connectivity index (χ3v) is 7.39. The van der Waals surface area contributed by atoms with E-state index in [1.54, 1.807) is 6.08 Å². The molecule has 3 heterocycles. The van der Waals surface area contributed by atoms with E-state index in [1.165, 1.54) is 24.6 Å². The molecule has 0 radical (unpaired) electrons. The van der Waals surface area contributed by atoms with Crippen LogP contribution in [0.1, 0.15) is 36.8 Å². The maximum absolute atomic E-state index is 12.9. The first-order valence-electron chi connectivity index (χ1n) is 12.4. The summed E-state index contributed by atoms with van der Waals surface area (Å²) in [5, 5.41) is 5.74. The van der Waals surface area contributed by atoms with Crippen LogP contribution in [0.5, 0.6) is 5.75 Å². The number of ether oxygens (including phenoxy) is 1. The summed E-state index contributed by atoms with van der Waals surface area (Å²) < 4.78 is 7.62. The zero-order chi connectivity index (χ0) is 24.9. The number of aliphatic imine (C=N–C) groups is 1. The molecule has 2 aliphatic rings. The van der Waals surface area contributed by atoms with E-state index in [0.29, 0.717) is 11.5 Å². The van der Waals surface area contributed by atoms with Crippen molar-refractivity contribution in [1.82, 2.24) is 14.7 Å². The lowest BCUT2D eigenvalue weighted by Gasteiger charge is -2.20. The molecule has 36 heavy (non-hydrogen) atoms. The van der Waals surface area contributed by atoms with E-state index in [-0.39, 0.29) is 5.91 Å². The van der Waals surface area contributed by atoms with Gasteiger partial charge in [0.15, 0.2) is 5.17 Å². The highest BCUT2D eigenvalue weighted by Crippen LogP contribution is 2.35. The topological polar surface area (TPSA) is 59.7 Å². The largest absolute Gasteiger partial charge is 0.489 e. The lowest BCUT2D eigenvalue weighted by molar-refractivity contribution is -0.113. The van der Waals surface area contributed by atoms with Crippen LogP contribution < -0.4 is 4.74 Å². The summed E-state index contributed by atoms with van der Waals surface area (Å²) in [5.41, 5.74) is 4.62. The Labute approximate surface area is 216 Å². The Morgan fingerprint density at radius 2 is 1.86 bits per heavy atom. The fourth-order valence-electron chi connectivity index (χ4n) is 4.47. The molecule has 0 saturated carbocycles. The number of aromatic nitrogens is 2. The molecule has 0 N–H and O–H groups in total. The van der Waals surface area contributed by atoms with Crippen molar-refractivity contribution in [3.8, 4) is 22.7 Å². The lowest BCUT2D eigenvalue weighted by Crippen LogP contribution is -2.28. The van der Waals surface area contributed by atoms with E-state index in [9.17, 15) is 4.79 Å². The van der Waals surface area contributed by atoms with Gasteiger partial charge in [0, 0.05) is 30.4 Å². The molecule has 2 aliphatic heterocycles. The molecule has 0 atom stereocenters. The zero-order valence-corrected chi connectivity index (χ0v) is 21.3. The van der Waals surface area contributed by atoms with Gasteiger partial charge in [-0.2, -0.15) is 10.1 Å². The van der Waals surface area contributed by atoms with E-state index in [0.717, 1.165) is 64.9 Å². The Morgan fingerprint density at radius 3 is 2.58 bits per heavy atom. The number of nitrogens with zero attached hydrogens (tertiary/aromatic N) is 4. The van der Waals surface area contributed by atoms with Crippen LogP contribution in [0.2, 0.25) is 0 Å². The summed E-state index contributed by atoms with van der Waals surface area (Å²) in [4.78, 5) is 20.2. The second-order valence-electron chi connectivity index (χ2n) is 9.00. The van der Waals surface area contributed by atoms with Crippen LogP contribution >= 0.6 is 11.8 Å². The normalized spacial score (nSPS) is 17.2. The molecule has 5 rings (SSSR count). The Morgan fingerprint density at radius 1 is 1.08 bits per heavy atom. The van der Waals surface area contributed by atoms with Gasteiger partial charge < -0.3 is 9.64 Å². The number of amides is 1. The zero-order valence-electron chi connectivity index (χ0n) is 20.5. The minimum Gasteiger partial charge on any atom is -0.489 e. The van der Waals surface area contributed by atoms with Crippen LogP contribution in [-0.4, -0.2) is 45.5 Å². The summed E-state index contributed by atoms with van der Waals surface area (Å²) in [5.74, 6) is 0.639. The number of rotatable bonds is 6. The van der Waals surface area contributed by atoms with Crippen LogP contribution in [0.4, 0.5) is 0 Å². The fraction of sp³-hybridized carbons (Fsp3) is 0.276. The Balaban J connectivity index is 1.49. The molecule has 0 aliphatic carbocycles. The third-order valence-electron chi connectivity index (χ3n) is 6.34. The Kier molecular flexibility index (Phi) is 7.37. The molecule has 3 aromatic rings. The summed E-state index contributed by atoms with van der Waals surface area (Å²) in [6.07, 6.45) is 10.4. The standard InChI is InChI=1S/C29H30N4O2S/c1-3-17-35-25-14-13-22(18-21(25)2)27-23(20-33(31-27)24-11-7-6-8-12-24)19-26-28(34)30-29(36-26)32-15-9-4-5-10-16-32/h3,6-8,11-14,18-20H,1,4-5,9-10,15-17H2,2H3. The summed E-state index contributed by atoms with van der Waals surface area (Å²) in [6.45, 7) is 8.12. The predicted octanol–water partition coefficient (Wildman–Crippen LogP) is 6.26. The number of carbonyl (C=O) groups is 1. The van der Waals surface area contributed by atoms with Gasteiger partial charge in [0.2, 0.25) is 0 Å². The van der Waals surface area contributed by atoms with E-state index >= 15 is 0 Å². The second-order valence-corrected chi connectivity index (χ2v) is 10.0. The molecular formula is C29H30N4O2S. The Bertz CT molecular complexity index is 1320. The highest BCUT2D eigenvalue weighted by molar-refractivity contribution is 8.18. The molecule has 1 saturated heterocycles. The minimum absolute atomic E-state index is 0.179. The van der Waals surface area contributed by atoms with Crippen molar-refractivity contribution in [2.75, 3.05) is 19.7 Å². The summed E-state index contributed by atoms with van der Waals surface area (Å²) in [7, 11) is 0. The highest BCUT2D eigenvalue weighted by Gasteiger charge is 2.27. The van der Waals surface area contributed by atoms with Gasteiger partial charge in [-0.3, -0.25) is 4.79 Å². The first kappa shape index (κ1) is 24.1. The maximum Gasteiger partial charge on any atom is 0.286 e. The number of hydrogen-bond donors (Lipinski definition) is 0. The number of likely N-dealkylation sites (tertiary alicyclic amines) is 1. The minimum atomic E-state index is -0.179. The fourth-order valence-corrected chi connectivity index (χ4v) is 5.43. The molecule has 1 amide bonds. The van der Waals surface area contributed by atoms with E-state index in [2.05, 4.69) is 22.5 Å². The number of para-hydroxylation sites is 1. The van der Waals surface area contributed by atoms with Crippen molar-refractivity contribution in [1.29, 1.82) is 0 Å². The molecule has 1 fully saturated rings. The van der Waals surface area contributed by atoms with Crippen LogP contribution in [0, 0.1) is 6.92 Å². The van der Waals surface area contributed by atoms with E-state index in [1.807, 2.05) is 66.3 Å². The SMILES string of the molecule is C=CCOc1ccc(-c2nn(-c3ccccc3)cc2C=C2SC(N3CCCCCC3)=NC2=O)cc1C. The molecule has 2 aromatic carbocycles. The number of carbonyl (C=O) groups excluding carboxylic acids is 1. The van der Waals surface area contributed by atoms with Crippen LogP contribution in [0.3, 0.4) is 0 Å². The van der Waals surface area contributed by atoms with Crippen molar-refractivity contribution in [3.63, 3.8) is 0 Å². The summed E-state index contributed by atoms with van der Waals surface area (Å²) >= 11 is 1.47. The van der Waals surface area contributed by atoms with Crippen molar-refractivity contribution in [3.05, 3.63) is 83.4 Å². The summed E-state index contributed by atoms with van der Waals surface area (Å²) in [6, 6.07) is 16.0. The van der Waals surface area contributed by atoms with Crippen LogP contribution in [0.15, 0.2) is 77.3 Å². The predicted molar refractivity (Wildman–Crippen MR) is 147 cm³/mol. The van der Waals surface area contributed by atoms with Gasteiger partial charge in [0.1, 0.15) is 18.1 Å². The van der Waals surface area contributed by atoms with Gasteiger partial charge in [-0.1, -0.05) is 43.7 Å². The van der Waals surface area contributed by atoms with Gasteiger partial charge in [0.25, 0.3) is 5.91 Å². The molecule has 7 heteroatoms. The molecular weight excluding hydrogens is 468 g/mol. The lowest BCUT2D eigenvalue weighted by atomic mass is 10.0. The van der Waals surface area contributed by atoms with Crippen molar-refractivity contribution in [2.45, 2.75) is 32.6 Å². The van der Waals surface area contributed by atoms with Gasteiger partial charge in [-0.25, -0.2) is 4.68 Å². The Hall–Kier alpha value is -3.58. The molecule has 6 nitrogen and oxygen atoms in total. The van der Waals surface area contributed by atoms with Gasteiger partial charge in [-0.05, 0) is 73.5 Å². The molecule has 0 bridgehead atoms. The molecule has 184 valence electrons. The van der Waals surface area contributed by atoms with Gasteiger partial charge >= 0.3 is 0 Å². The van der Waals surface area contributed by atoms with E-state index in [4.69, 9.17) is 9.84 Å². The van der Waals surface area contributed by atoms with Gasteiger partial charge in [-0.15, -0.1) is 0 Å². The number of aryl methyl sites for hydroxylation is 1. The van der Waals surface area contributed by atoms with Crippen molar-refractivity contribution in [2.24, 2.45) is 4.99 Å². The monoisotopic (exact) mass is 498 g/mol. The average Bonchev–Trinajstić information content (AvgIpc) is 3.36. The first-order valence-corrected chi connectivity index (χ1v) is 13.2. The van der Waals surface area contributed by atoms with Gasteiger partial charge in [0.05, 0.1) is 10.6 Å². The van der Waals surface area contributed by atoms with Crippen LogP contribution in [0.25, 0.3) is 23.0 Å².